The Bertz CT molecular complexity index is 1470. The second-order valence-corrected chi connectivity index (χ2v) is 8.91. The second-order valence-electron chi connectivity index (χ2n) is 8.51. The maximum atomic E-state index is 13.2. The van der Waals surface area contributed by atoms with Crippen molar-refractivity contribution in [2.75, 3.05) is 5.32 Å². The zero-order valence-electron chi connectivity index (χ0n) is 19.8. The lowest BCUT2D eigenvalue weighted by Gasteiger charge is -2.17. The normalized spacial score (nSPS) is 11.8. The molecule has 4 aromatic rings. The number of Topliss-reactive ketones (excluding diaryl/α,β-unsaturated/α-hetero) is 1. The van der Waals surface area contributed by atoms with Crippen molar-refractivity contribution in [2.45, 2.75) is 33.7 Å². The van der Waals surface area contributed by atoms with E-state index in [1.165, 1.54) is 29.8 Å². The van der Waals surface area contributed by atoms with E-state index < -0.39 is 23.7 Å². The Morgan fingerprint density at radius 1 is 0.971 bits per heavy atom. The largest absolute Gasteiger partial charge is 0.423 e. The third-order valence-corrected chi connectivity index (χ3v) is 5.95. The lowest BCUT2D eigenvalue weighted by Crippen LogP contribution is -2.32. The van der Waals surface area contributed by atoms with E-state index in [4.69, 9.17) is 16.3 Å². The molecule has 1 N–H and O–H groups in total. The number of nitrogens with one attached hydrogen (secondary N) is 1. The van der Waals surface area contributed by atoms with Crippen molar-refractivity contribution in [1.29, 1.82) is 0 Å². The minimum Gasteiger partial charge on any atom is -0.423 e. The van der Waals surface area contributed by atoms with E-state index in [1.807, 2.05) is 51.1 Å². The van der Waals surface area contributed by atoms with Gasteiger partial charge in [-0.25, -0.2) is 9.48 Å². The van der Waals surface area contributed by atoms with Crippen LogP contribution in [0, 0.1) is 20.8 Å². The third-order valence-electron chi connectivity index (χ3n) is 5.62. The van der Waals surface area contributed by atoms with Gasteiger partial charge in [0, 0.05) is 5.39 Å². The highest BCUT2D eigenvalue weighted by atomic mass is 35.5. The molecule has 3 aromatic carbocycles. The topological polar surface area (TPSA) is 90.3 Å². The van der Waals surface area contributed by atoms with Gasteiger partial charge in [0.05, 0.1) is 28.0 Å². The van der Waals surface area contributed by atoms with Crippen LogP contribution in [-0.4, -0.2) is 27.4 Å². The van der Waals surface area contributed by atoms with Crippen molar-refractivity contribution in [3.8, 4) is 5.75 Å². The number of carbonyl (C=O) groups excluding carboxylic acids is 3. The number of fused-ring (bicyclic) bond motifs is 1. The summed E-state index contributed by atoms with van der Waals surface area (Å²) in [6.45, 7) is 7.08. The average Bonchev–Trinajstić information content (AvgIpc) is 3.19. The molecule has 178 valence electrons. The quantitative estimate of drug-likeness (QED) is 0.216. The number of ether oxygens (including phenoxy) is 1. The number of benzene rings is 3. The highest BCUT2D eigenvalue weighted by molar-refractivity contribution is 6.34. The highest BCUT2D eigenvalue weighted by Gasteiger charge is 2.28. The molecule has 0 aliphatic rings. The van der Waals surface area contributed by atoms with Crippen LogP contribution in [0.2, 0.25) is 5.02 Å². The Hall–Kier alpha value is -3.97. The van der Waals surface area contributed by atoms with Crippen LogP contribution in [0.5, 0.6) is 5.75 Å². The molecule has 1 aromatic heterocycles. The van der Waals surface area contributed by atoms with Crippen LogP contribution in [0.1, 0.15) is 40.0 Å². The molecule has 35 heavy (non-hydrogen) atoms. The van der Waals surface area contributed by atoms with Gasteiger partial charge >= 0.3 is 5.97 Å². The maximum Gasteiger partial charge on any atom is 0.343 e. The van der Waals surface area contributed by atoms with Gasteiger partial charge in [-0.15, -0.1) is 0 Å². The number of aryl methyl sites for hydroxylation is 3. The summed E-state index contributed by atoms with van der Waals surface area (Å²) in [5, 5.41) is 7.98. The van der Waals surface area contributed by atoms with Gasteiger partial charge in [-0.05, 0) is 69.7 Å². The molecule has 0 aliphatic heterocycles. The summed E-state index contributed by atoms with van der Waals surface area (Å²) < 4.78 is 6.91. The molecular formula is C27H24ClN3O4. The maximum absolute atomic E-state index is 13.2. The predicted molar refractivity (Wildman–Crippen MR) is 135 cm³/mol. The SMILES string of the molecule is CC(=O)C(C(=O)Nc1cc(C(=O)Oc2ccc(C)cc2C)ccc1Cl)n1ncc2cc(C)ccc21. The number of carbonyl (C=O) groups is 3. The summed E-state index contributed by atoms with van der Waals surface area (Å²) in [7, 11) is 0. The fourth-order valence-electron chi connectivity index (χ4n) is 3.87. The first-order valence-corrected chi connectivity index (χ1v) is 11.4. The first kappa shape index (κ1) is 24.2. The summed E-state index contributed by atoms with van der Waals surface area (Å²) in [5.41, 5.74) is 3.96. The first-order valence-electron chi connectivity index (χ1n) is 11.0. The molecule has 4 rings (SSSR count). The molecule has 0 radical (unpaired) electrons. The number of nitrogens with zero attached hydrogens (tertiary/aromatic N) is 2. The van der Waals surface area contributed by atoms with Gasteiger partial charge in [-0.2, -0.15) is 5.10 Å². The Kier molecular flexibility index (Phi) is 6.71. The Morgan fingerprint density at radius 2 is 1.69 bits per heavy atom. The predicted octanol–water partition coefficient (Wildman–Crippen LogP) is 5.60. The molecule has 1 heterocycles. The lowest BCUT2D eigenvalue weighted by molar-refractivity contribution is -0.129. The van der Waals surface area contributed by atoms with E-state index in [2.05, 4.69) is 10.4 Å². The molecule has 0 fully saturated rings. The lowest BCUT2D eigenvalue weighted by atomic mass is 10.1. The second kappa shape index (κ2) is 9.72. The van der Waals surface area contributed by atoms with E-state index in [9.17, 15) is 14.4 Å². The van der Waals surface area contributed by atoms with Crippen molar-refractivity contribution in [1.82, 2.24) is 9.78 Å². The monoisotopic (exact) mass is 489 g/mol. The van der Waals surface area contributed by atoms with E-state index >= 15 is 0 Å². The van der Waals surface area contributed by atoms with Crippen LogP contribution in [0.3, 0.4) is 0 Å². The number of hydrogen-bond donors (Lipinski definition) is 1. The highest BCUT2D eigenvalue weighted by Crippen LogP contribution is 2.27. The molecule has 8 heteroatoms. The Morgan fingerprint density at radius 3 is 2.40 bits per heavy atom. The number of aromatic nitrogens is 2. The van der Waals surface area contributed by atoms with Gasteiger partial charge in [-0.1, -0.05) is 40.9 Å². The minimum absolute atomic E-state index is 0.185. The zero-order valence-corrected chi connectivity index (χ0v) is 20.5. The van der Waals surface area contributed by atoms with Crippen molar-refractivity contribution in [2.24, 2.45) is 0 Å². The van der Waals surface area contributed by atoms with E-state index in [1.54, 1.807) is 12.3 Å². The Labute approximate surface area is 207 Å². The molecule has 1 unspecified atom stereocenters. The Balaban J connectivity index is 1.59. The zero-order chi connectivity index (χ0) is 25.3. The molecule has 0 saturated carbocycles. The number of hydrogen-bond acceptors (Lipinski definition) is 5. The molecule has 7 nitrogen and oxygen atoms in total. The number of halogens is 1. The van der Waals surface area contributed by atoms with Crippen molar-refractivity contribution < 1.29 is 19.1 Å². The number of rotatable bonds is 6. The van der Waals surface area contributed by atoms with Gasteiger partial charge in [0.25, 0.3) is 5.91 Å². The van der Waals surface area contributed by atoms with Gasteiger partial charge in [0.1, 0.15) is 5.75 Å². The van der Waals surface area contributed by atoms with E-state index in [0.29, 0.717) is 11.3 Å². The van der Waals surface area contributed by atoms with Crippen LogP contribution in [0.25, 0.3) is 10.9 Å². The number of ketones is 1. The number of anilines is 1. The molecule has 1 amide bonds. The molecule has 0 spiro atoms. The number of esters is 1. The molecular weight excluding hydrogens is 466 g/mol. The van der Waals surface area contributed by atoms with Crippen LogP contribution < -0.4 is 10.1 Å². The van der Waals surface area contributed by atoms with E-state index in [-0.39, 0.29) is 16.3 Å². The van der Waals surface area contributed by atoms with Crippen molar-refractivity contribution in [3.05, 3.63) is 88.1 Å². The molecule has 0 aliphatic carbocycles. The number of amides is 1. The minimum atomic E-state index is -1.21. The summed E-state index contributed by atoms with van der Waals surface area (Å²) in [6, 6.07) is 14.3. The van der Waals surface area contributed by atoms with Crippen LogP contribution in [0.15, 0.2) is 60.8 Å². The summed E-state index contributed by atoms with van der Waals surface area (Å²) in [5.74, 6) is -1.17. The molecule has 0 bridgehead atoms. The summed E-state index contributed by atoms with van der Waals surface area (Å²) in [4.78, 5) is 38.4. The fraction of sp³-hybridized carbons (Fsp3) is 0.185. The van der Waals surface area contributed by atoms with Gasteiger partial charge in [-0.3, -0.25) is 9.59 Å². The van der Waals surface area contributed by atoms with Crippen LogP contribution in [-0.2, 0) is 9.59 Å². The standard InChI is InChI=1S/C27H24ClN3O4/c1-15-6-10-24(17(3)11-15)35-27(34)19-7-8-21(28)22(13-19)30-26(33)25(18(4)32)31-23-9-5-16(2)12-20(23)14-29-31/h5-14,25H,1-4H3,(H,30,33). The van der Waals surface area contributed by atoms with E-state index in [0.717, 1.165) is 22.1 Å². The molecule has 1 atom stereocenters. The van der Waals surface area contributed by atoms with Crippen molar-refractivity contribution in [3.63, 3.8) is 0 Å². The van der Waals surface area contributed by atoms with Gasteiger partial charge in [0.2, 0.25) is 0 Å². The van der Waals surface area contributed by atoms with Crippen LogP contribution in [0.4, 0.5) is 5.69 Å². The molecule has 0 saturated heterocycles. The van der Waals surface area contributed by atoms with Gasteiger partial charge in [0.15, 0.2) is 11.8 Å². The van der Waals surface area contributed by atoms with Crippen LogP contribution >= 0.6 is 11.6 Å². The van der Waals surface area contributed by atoms with Crippen molar-refractivity contribution >= 4 is 45.9 Å². The average molecular weight is 490 g/mol. The fourth-order valence-corrected chi connectivity index (χ4v) is 4.03. The summed E-state index contributed by atoms with van der Waals surface area (Å²) >= 11 is 6.30. The van der Waals surface area contributed by atoms with Gasteiger partial charge < -0.3 is 10.1 Å². The summed E-state index contributed by atoms with van der Waals surface area (Å²) in [6.07, 6.45) is 1.61. The smallest absolute Gasteiger partial charge is 0.343 e. The third kappa shape index (κ3) is 5.10. The first-order chi connectivity index (χ1) is 16.6.